The maximum absolute atomic E-state index is 8.78. The predicted octanol–water partition coefficient (Wildman–Crippen LogP) is 0.591. The van der Waals surface area contributed by atoms with Crippen LogP contribution in [0.25, 0.3) is 0 Å². The first-order valence-corrected chi connectivity index (χ1v) is 3.80. The molecule has 3 nitrogen and oxygen atoms in total. The quantitative estimate of drug-likeness (QED) is 0.692. The van der Waals surface area contributed by atoms with Crippen LogP contribution in [-0.4, -0.2) is 21.5 Å². The molecule has 1 aromatic rings. The van der Waals surface area contributed by atoms with E-state index in [-0.39, 0.29) is 6.61 Å². The Hall–Kier alpha value is -0.830. The Morgan fingerprint density at radius 1 is 1.73 bits per heavy atom. The summed E-state index contributed by atoms with van der Waals surface area (Å²) in [7, 11) is 1.90. The van der Waals surface area contributed by atoms with Crippen LogP contribution in [0.15, 0.2) is 12.4 Å². The molecular formula is C8H14N2O. The van der Waals surface area contributed by atoms with Gasteiger partial charge in [-0.25, -0.2) is 0 Å². The van der Waals surface area contributed by atoms with Gasteiger partial charge < -0.3 is 5.11 Å². The minimum Gasteiger partial charge on any atom is -0.396 e. The highest BCUT2D eigenvalue weighted by Gasteiger charge is 2.02. The Morgan fingerprint density at radius 3 is 2.91 bits per heavy atom. The molecule has 1 rings (SSSR count). The van der Waals surface area contributed by atoms with Crippen LogP contribution in [0.2, 0.25) is 0 Å². The molecule has 1 unspecified atom stereocenters. The predicted molar refractivity (Wildman–Crippen MR) is 43.2 cm³/mol. The van der Waals surface area contributed by atoms with E-state index in [9.17, 15) is 0 Å². The van der Waals surface area contributed by atoms with Crippen LogP contribution in [0, 0.1) is 5.92 Å². The van der Waals surface area contributed by atoms with E-state index in [1.807, 2.05) is 26.4 Å². The molecule has 62 valence electrons. The molecule has 1 heterocycles. The second-order valence-electron chi connectivity index (χ2n) is 3.01. The number of aromatic nitrogens is 2. The number of aliphatic hydroxyl groups is 1. The molecule has 1 atom stereocenters. The van der Waals surface area contributed by atoms with Crippen LogP contribution in [0.5, 0.6) is 0 Å². The number of hydrogen-bond acceptors (Lipinski definition) is 2. The molecule has 0 fully saturated rings. The first kappa shape index (κ1) is 8.27. The zero-order valence-corrected chi connectivity index (χ0v) is 6.99. The summed E-state index contributed by atoms with van der Waals surface area (Å²) in [6.07, 6.45) is 4.72. The molecule has 1 N–H and O–H groups in total. The van der Waals surface area contributed by atoms with Crippen LogP contribution in [0.4, 0.5) is 0 Å². The monoisotopic (exact) mass is 154 g/mol. The summed E-state index contributed by atoms with van der Waals surface area (Å²) in [5.41, 5.74) is 1.19. The molecule has 0 radical (unpaired) electrons. The van der Waals surface area contributed by atoms with Gasteiger partial charge in [0.25, 0.3) is 0 Å². The first-order chi connectivity index (χ1) is 5.22. The highest BCUT2D eigenvalue weighted by molar-refractivity contribution is 5.04. The second kappa shape index (κ2) is 3.53. The highest BCUT2D eigenvalue weighted by atomic mass is 16.3. The Bertz CT molecular complexity index is 220. The van der Waals surface area contributed by atoms with Crippen LogP contribution in [0.3, 0.4) is 0 Å². The summed E-state index contributed by atoms with van der Waals surface area (Å²) in [6, 6.07) is 0. The van der Waals surface area contributed by atoms with E-state index in [1.54, 1.807) is 4.68 Å². The highest BCUT2D eigenvalue weighted by Crippen LogP contribution is 2.05. The molecule has 1 aromatic heterocycles. The molecule has 0 aliphatic heterocycles. The smallest absolute Gasteiger partial charge is 0.0521 e. The molecule has 11 heavy (non-hydrogen) atoms. The molecule has 0 spiro atoms. The van der Waals surface area contributed by atoms with E-state index in [4.69, 9.17) is 5.11 Å². The van der Waals surface area contributed by atoms with Crippen LogP contribution >= 0.6 is 0 Å². The van der Waals surface area contributed by atoms with Gasteiger partial charge in [0.15, 0.2) is 0 Å². The Labute approximate surface area is 66.7 Å². The lowest BCUT2D eigenvalue weighted by Gasteiger charge is -2.03. The van der Waals surface area contributed by atoms with Gasteiger partial charge in [0.2, 0.25) is 0 Å². The number of rotatable bonds is 3. The van der Waals surface area contributed by atoms with Gasteiger partial charge in [-0.3, -0.25) is 4.68 Å². The van der Waals surface area contributed by atoms with Crippen molar-refractivity contribution < 1.29 is 5.11 Å². The molecule has 0 amide bonds. The van der Waals surface area contributed by atoms with Gasteiger partial charge in [-0.05, 0) is 17.9 Å². The molecule has 0 saturated carbocycles. The summed E-state index contributed by atoms with van der Waals surface area (Å²) in [4.78, 5) is 0. The van der Waals surface area contributed by atoms with E-state index >= 15 is 0 Å². The molecule has 0 aliphatic carbocycles. The van der Waals surface area contributed by atoms with E-state index in [0.717, 1.165) is 6.42 Å². The molecule has 0 aromatic carbocycles. The molecule has 0 bridgehead atoms. The van der Waals surface area contributed by atoms with Crippen molar-refractivity contribution in [2.24, 2.45) is 13.0 Å². The van der Waals surface area contributed by atoms with Crippen LogP contribution in [-0.2, 0) is 13.5 Å². The summed E-state index contributed by atoms with van der Waals surface area (Å²) < 4.78 is 1.78. The minimum atomic E-state index is 0.245. The van der Waals surface area contributed by atoms with Gasteiger partial charge in [-0.2, -0.15) is 5.10 Å². The van der Waals surface area contributed by atoms with Gasteiger partial charge in [0.1, 0.15) is 0 Å². The molecular weight excluding hydrogens is 140 g/mol. The summed E-state index contributed by atoms with van der Waals surface area (Å²) in [6.45, 7) is 2.27. The average Bonchev–Trinajstić information content (AvgIpc) is 2.35. The number of hydrogen-bond donors (Lipinski definition) is 1. The van der Waals surface area contributed by atoms with Crippen molar-refractivity contribution in [2.45, 2.75) is 13.3 Å². The van der Waals surface area contributed by atoms with Crippen molar-refractivity contribution in [3.63, 3.8) is 0 Å². The third-order valence-corrected chi connectivity index (χ3v) is 1.65. The Balaban J connectivity index is 2.50. The largest absolute Gasteiger partial charge is 0.396 e. The standard InChI is InChI=1S/C8H14N2O/c1-7(6-11)3-8-4-9-10(2)5-8/h4-5,7,11H,3,6H2,1-2H3. The van der Waals surface area contributed by atoms with Crippen molar-refractivity contribution in [1.29, 1.82) is 0 Å². The minimum absolute atomic E-state index is 0.245. The molecule has 0 saturated heterocycles. The second-order valence-corrected chi connectivity index (χ2v) is 3.01. The van der Waals surface area contributed by atoms with E-state index in [2.05, 4.69) is 5.10 Å². The normalized spacial score (nSPS) is 13.4. The third-order valence-electron chi connectivity index (χ3n) is 1.65. The topological polar surface area (TPSA) is 38.1 Å². The van der Waals surface area contributed by atoms with Crippen molar-refractivity contribution in [1.82, 2.24) is 9.78 Å². The van der Waals surface area contributed by atoms with Crippen LogP contribution < -0.4 is 0 Å². The summed E-state index contributed by atoms with van der Waals surface area (Å²) in [5, 5.41) is 12.8. The number of aliphatic hydroxyl groups excluding tert-OH is 1. The Kier molecular flexibility index (Phi) is 2.65. The van der Waals surface area contributed by atoms with Gasteiger partial charge >= 0.3 is 0 Å². The maximum atomic E-state index is 8.78. The number of nitrogens with zero attached hydrogens (tertiary/aromatic N) is 2. The van der Waals surface area contributed by atoms with Crippen molar-refractivity contribution in [3.8, 4) is 0 Å². The van der Waals surface area contributed by atoms with Gasteiger partial charge in [0, 0.05) is 19.9 Å². The SMILES string of the molecule is CC(CO)Cc1cnn(C)c1. The van der Waals surface area contributed by atoms with E-state index < -0.39 is 0 Å². The molecule has 0 aliphatic rings. The fourth-order valence-electron chi connectivity index (χ4n) is 1.04. The van der Waals surface area contributed by atoms with Crippen molar-refractivity contribution in [2.75, 3.05) is 6.61 Å². The zero-order valence-electron chi connectivity index (χ0n) is 6.99. The summed E-state index contributed by atoms with van der Waals surface area (Å²) in [5.74, 6) is 0.333. The Morgan fingerprint density at radius 2 is 2.45 bits per heavy atom. The lowest BCUT2D eigenvalue weighted by molar-refractivity contribution is 0.237. The average molecular weight is 154 g/mol. The lowest BCUT2D eigenvalue weighted by Crippen LogP contribution is -2.03. The van der Waals surface area contributed by atoms with Crippen molar-refractivity contribution >= 4 is 0 Å². The molecule has 3 heteroatoms. The van der Waals surface area contributed by atoms with Gasteiger partial charge in [-0.15, -0.1) is 0 Å². The third kappa shape index (κ3) is 2.35. The van der Waals surface area contributed by atoms with Crippen molar-refractivity contribution in [3.05, 3.63) is 18.0 Å². The van der Waals surface area contributed by atoms with Crippen LogP contribution in [0.1, 0.15) is 12.5 Å². The van der Waals surface area contributed by atoms with E-state index in [0.29, 0.717) is 5.92 Å². The van der Waals surface area contributed by atoms with Gasteiger partial charge in [-0.1, -0.05) is 6.92 Å². The summed E-state index contributed by atoms with van der Waals surface area (Å²) >= 11 is 0. The first-order valence-electron chi connectivity index (χ1n) is 3.80. The lowest BCUT2D eigenvalue weighted by atomic mass is 10.1. The van der Waals surface area contributed by atoms with E-state index in [1.165, 1.54) is 5.56 Å². The fourth-order valence-corrected chi connectivity index (χ4v) is 1.04. The number of aryl methyl sites for hydroxylation is 1. The maximum Gasteiger partial charge on any atom is 0.0521 e. The zero-order chi connectivity index (χ0) is 8.27. The fraction of sp³-hybridized carbons (Fsp3) is 0.625. The van der Waals surface area contributed by atoms with Gasteiger partial charge in [0.05, 0.1) is 6.20 Å².